The lowest BCUT2D eigenvalue weighted by molar-refractivity contribution is 0.0746. The Morgan fingerprint density at radius 1 is 0.941 bits per heavy atom. The summed E-state index contributed by atoms with van der Waals surface area (Å²) in [5.41, 5.74) is 3.35. The summed E-state index contributed by atoms with van der Waals surface area (Å²) in [4.78, 5) is 39.0. The van der Waals surface area contributed by atoms with Gasteiger partial charge < -0.3 is 14.7 Å². The molecule has 0 saturated carbocycles. The number of fused-ring (bicyclic) bond motifs is 1. The van der Waals surface area contributed by atoms with E-state index in [1.165, 1.54) is 3.57 Å². The topological polar surface area (TPSA) is 72.5 Å². The molecule has 1 amide bonds. The van der Waals surface area contributed by atoms with E-state index in [-0.39, 0.29) is 11.5 Å². The van der Waals surface area contributed by atoms with E-state index < -0.39 is 0 Å². The predicted molar refractivity (Wildman–Crippen MR) is 144 cm³/mol. The second-order valence-electron chi connectivity index (χ2n) is 8.24. The van der Waals surface area contributed by atoms with E-state index in [1.54, 1.807) is 6.07 Å². The van der Waals surface area contributed by atoms with Gasteiger partial charge in [0.25, 0.3) is 11.5 Å². The molecule has 4 aromatic rings. The van der Waals surface area contributed by atoms with Crippen LogP contribution in [-0.4, -0.2) is 54.0 Å². The Balaban J connectivity index is 1.25. The van der Waals surface area contributed by atoms with Crippen LogP contribution in [0.1, 0.15) is 10.4 Å². The molecule has 0 aliphatic carbocycles. The van der Waals surface area contributed by atoms with Gasteiger partial charge in [0, 0.05) is 48.0 Å². The molecule has 0 spiro atoms. The number of H-pyrrole nitrogens is 1. The number of amides is 1. The largest absolute Gasteiger partial charge is 0.344 e. The molecule has 172 valence electrons. The molecule has 1 fully saturated rings. The zero-order valence-electron chi connectivity index (χ0n) is 18.7. The first-order chi connectivity index (χ1) is 16.5. The minimum atomic E-state index is -0.144. The number of carbonyl (C=O) groups is 1. The smallest absolute Gasteiger partial charge is 0.260 e. The quantitative estimate of drug-likeness (QED) is 0.375. The fourth-order valence-electron chi connectivity index (χ4n) is 4.22. The lowest BCUT2D eigenvalue weighted by Crippen LogP contribution is -2.49. The van der Waals surface area contributed by atoms with Crippen LogP contribution in [0.15, 0.2) is 77.6 Å². The second kappa shape index (κ2) is 9.46. The van der Waals surface area contributed by atoms with E-state index in [4.69, 9.17) is 0 Å². The van der Waals surface area contributed by atoms with E-state index in [0.29, 0.717) is 48.6 Å². The predicted octanol–water partition coefficient (Wildman–Crippen LogP) is 4.26. The first-order valence-corrected chi connectivity index (χ1v) is 12.2. The highest BCUT2D eigenvalue weighted by Gasteiger charge is 2.24. The van der Waals surface area contributed by atoms with Crippen LogP contribution in [0.4, 0.5) is 17.3 Å². The molecule has 3 aromatic carbocycles. The maximum Gasteiger partial charge on any atom is 0.260 e. The Morgan fingerprint density at radius 3 is 2.35 bits per heavy atom. The van der Waals surface area contributed by atoms with Crippen molar-refractivity contribution in [1.82, 2.24) is 14.9 Å². The number of anilines is 3. The van der Waals surface area contributed by atoms with Crippen molar-refractivity contribution in [2.45, 2.75) is 0 Å². The Labute approximate surface area is 211 Å². The van der Waals surface area contributed by atoms with Crippen LogP contribution in [0.25, 0.3) is 10.9 Å². The molecule has 5 rings (SSSR count). The number of nitrogens with one attached hydrogen (secondary N) is 1. The number of piperazine rings is 1. The number of rotatable bonds is 4. The number of halogens is 1. The summed E-state index contributed by atoms with van der Waals surface area (Å²) in [5, 5.41) is 0.580. The monoisotopic (exact) mass is 565 g/mol. The normalized spacial score (nSPS) is 13.8. The molecular weight excluding hydrogens is 541 g/mol. The van der Waals surface area contributed by atoms with Crippen molar-refractivity contribution in [2.75, 3.05) is 43.0 Å². The fraction of sp³-hybridized carbons (Fsp3) is 0.192. The number of carbonyl (C=O) groups excluding carboxylic acids is 1. The van der Waals surface area contributed by atoms with Crippen molar-refractivity contribution >= 4 is 56.7 Å². The number of hydrogen-bond acceptors (Lipinski definition) is 5. The Hall–Kier alpha value is -3.40. The second-order valence-corrected chi connectivity index (χ2v) is 9.41. The van der Waals surface area contributed by atoms with Crippen molar-refractivity contribution < 1.29 is 4.79 Å². The van der Waals surface area contributed by atoms with Crippen LogP contribution in [0.2, 0.25) is 0 Å². The molecule has 0 radical (unpaired) electrons. The Bertz CT molecular complexity index is 1390. The summed E-state index contributed by atoms with van der Waals surface area (Å²) in [5.74, 6) is 0.571. The van der Waals surface area contributed by atoms with Crippen LogP contribution in [0, 0.1) is 3.57 Å². The van der Waals surface area contributed by atoms with Crippen molar-refractivity contribution in [2.24, 2.45) is 0 Å². The summed E-state index contributed by atoms with van der Waals surface area (Å²) < 4.78 is 1.17. The summed E-state index contributed by atoms with van der Waals surface area (Å²) in [6, 6.07) is 23.3. The van der Waals surface area contributed by atoms with Crippen molar-refractivity contribution in [3.63, 3.8) is 0 Å². The molecule has 34 heavy (non-hydrogen) atoms. The summed E-state index contributed by atoms with van der Waals surface area (Å²) in [6.07, 6.45) is 0. The number of aromatic nitrogens is 2. The zero-order chi connectivity index (χ0) is 23.7. The number of aromatic amines is 1. The standard InChI is InChI=1S/C26H24IN5O2/c1-30(23-9-5-3-7-21(23)27)19-12-10-18(11-13-19)25(34)31-14-16-32(17-15-31)26-28-22-8-4-2-6-20(22)24(33)29-26/h2-13H,14-17H2,1H3,(H,28,29,33). The zero-order valence-corrected chi connectivity index (χ0v) is 20.9. The molecule has 1 aliphatic heterocycles. The lowest BCUT2D eigenvalue weighted by Gasteiger charge is -2.35. The van der Waals surface area contributed by atoms with Crippen LogP contribution >= 0.6 is 22.6 Å². The maximum atomic E-state index is 13.1. The van der Waals surface area contributed by atoms with Crippen molar-refractivity contribution in [3.8, 4) is 0 Å². The lowest BCUT2D eigenvalue weighted by atomic mass is 10.1. The van der Waals surface area contributed by atoms with Gasteiger partial charge in [-0.1, -0.05) is 24.3 Å². The van der Waals surface area contributed by atoms with Crippen LogP contribution < -0.4 is 15.4 Å². The Morgan fingerprint density at radius 2 is 1.62 bits per heavy atom. The van der Waals surface area contributed by atoms with E-state index >= 15 is 0 Å². The molecule has 1 N–H and O–H groups in total. The van der Waals surface area contributed by atoms with Gasteiger partial charge in [-0.15, -0.1) is 0 Å². The first-order valence-electron chi connectivity index (χ1n) is 11.1. The van der Waals surface area contributed by atoms with Crippen LogP contribution in [0.5, 0.6) is 0 Å². The molecule has 0 atom stereocenters. The van der Waals surface area contributed by atoms with Gasteiger partial charge in [0.1, 0.15) is 0 Å². The summed E-state index contributed by atoms with van der Waals surface area (Å²) >= 11 is 2.33. The molecular formula is C26H24IN5O2. The van der Waals surface area contributed by atoms with Crippen molar-refractivity contribution in [3.05, 3.63) is 92.3 Å². The third-order valence-corrected chi connectivity index (χ3v) is 7.09. The molecule has 7 nitrogen and oxygen atoms in total. The highest BCUT2D eigenvalue weighted by molar-refractivity contribution is 14.1. The number of nitrogens with zero attached hydrogens (tertiary/aromatic N) is 4. The van der Waals surface area contributed by atoms with E-state index in [2.05, 4.69) is 49.6 Å². The van der Waals surface area contributed by atoms with Gasteiger partial charge in [-0.3, -0.25) is 14.6 Å². The van der Waals surface area contributed by atoms with Crippen LogP contribution in [-0.2, 0) is 0 Å². The van der Waals surface area contributed by atoms with Gasteiger partial charge >= 0.3 is 0 Å². The highest BCUT2D eigenvalue weighted by atomic mass is 127. The third-order valence-electron chi connectivity index (χ3n) is 6.18. The molecule has 1 saturated heterocycles. The van der Waals surface area contributed by atoms with E-state index in [9.17, 15) is 9.59 Å². The highest BCUT2D eigenvalue weighted by Crippen LogP contribution is 2.28. The molecule has 8 heteroatoms. The molecule has 0 bridgehead atoms. The fourth-order valence-corrected chi connectivity index (χ4v) is 4.97. The van der Waals surface area contributed by atoms with Gasteiger partial charge in [-0.2, -0.15) is 0 Å². The molecule has 1 aromatic heterocycles. The van der Waals surface area contributed by atoms with Gasteiger partial charge in [0.05, 0.1) is 16.6 Å². The molecule has 2 heterocycles. The minimum Gasteiger partial charge on any atom is -0.344 e. The first kappa shape index (κ1) is 22.4. The van der Waals surface area contributed by atoms with E-state index in [0.717, 1.165) is 11.4 Å². The molecule has 0 unspecified atom stereocenters. The van der Waals surface area contributed by atoms with Gasteiger partial charge in [0.2, 0.25) is 5.95 Å². The molecule has 1 aliphatic rings. The maximum absolute atomic E-state index is 13.1. The average Bonchev–Trinajstić information content (AvgIpc) is 2.88. The third kappa shape index (κ3) is 4.37. The van der Waals surface area contributed by atoms with Gasteiger partial charge in [-0.25, -0.2) is 4.98 Å². The Kier molecular flexibility index (Phi) is 6.23. The summed E-state index contributed by atoms with van der Waals surface area (Å²) in [7, 11) is 2.03. The number of benzene rings is 3. The summed E-state index contributed by atoms with van der Waals surface area (Å²) in [6.45, 7) is 2.36. The van der Waals surface area contributed by atoms with Crippen LogP contribution in [0.3, 0.4) is 0 Å². The number of para-hydroxylation sites is 2. The number of hydrogen-bond donors (Lipinski definition) is 1. The average molecular weight is 565 g/mol. The van der Waals surface area contributed by atoms with Gasteiger partial charge in [0.15, 0.2) is 0 Å². The van der Waals surface area contributed by atoms with Crippen molar-refractivity contribution in [1.29, 1.82) is 0 Å². The van der Waals surface area contributed by atoms with Gasteiger partial charge in [-0.05, 0) is 71.1 Å². The minimum absolute atomic E-state index is 0.0168. The SMILES string of the molecule is CN(c1ccc(C(=O)N2CCN(c3nc4ccccc4c(=O)[nH]3)CC2)cc1)c1ccccc1I. The van der Waals surface area contributed by atoms with E-state index in [1.807, 2.05) is 71.4 Å².